The van der Waals surface area contributed by atoms with Gasteiger partial charge in [0, 0.05) is 92.4 Å². The Kier molecular flexibility index (Phi) is 12.5. The standard InChI is InChI=1S/C53H45B3O14/c1-26-2-4-27(5-3-26)50-34-18-36(44(59)22-42(34)57)51(28-6-12-31(13-7-28)54(65)66)38-20-40(48(63)24-46(38)61)53(30-10-16-33(17-11-30)56(69)70)41-21-39(47(62)25-49(41)64)52(29-8-14-32(15-9-29)55(67)68)37-19-35(50)43(58)23-45(37)60/h2-25,50-53,57-70H,1H3. The minimum atomic E-state index is -1.86. The van der Waals surface area contributed by atoms with Crippen LogP contribution in [0.1, 0.15) is 96.0 Å². The van der Waals surface area contributed by atoms with Crippen LogP contribution in [0.15, 0.2) is 146 Å². The summed E-state index contributed by atoms with van der Waals surface area (Å²) in [5.41, 5.74) is 3.59. The number of rotatable bonds is 7. The molecule has 1 aliphatic rings. The highest BCUT2D eigenvalue weighted by atomic mass is 16.4. The van der Waals surface area contributed by atoms with Gasteiger partial charge in [-0.25, -0.2) is 0 Å². The normalized spacial score (nSPS) is 16.4. The molecule has 0 radical (unpaired) electrons. The lowest BCUT2D eigenvalue weighted by Gasteiger charge is -2.30. The lowest BCUT2D eigenvalue weighted by Crippen LogP contribution is -2.29. The van der Waals surface area contributed by atoms with E-state index in [-0.39, 0.29) is 60.9 Å². The predicted octanol–water partition coefficient (Wildman–Crippen LogP) is 3.71. The maximum atomic E-state index is 12.0. The first kappa shape index (κ1) is 47.2. The van der Waals surface area contributed by atoms with E-state index in [1.807, 2.05) is 19.1 Å². The van der Waals surface area contributed by atoms with Crippen LogP contribution in [0.25, 0.3) is 0 Å². The van der Waals surface area contributed by atoms with Crippen LogP contribution < -0.4 is 16.4 Å². The summed E-state index contributed by atoms with van der Waals surface area (Å²) in [7, 11) is -5.55. The molecule has 0 aromatic heterocycles. The van der Waals surface area contributed by atoms with Gasteiger partial charge in [-0.1, -0.05) is 103 Å². The van der Waals surface area contributed by atoms with Gasteiger partial charge in [-0.05, 0) is 69.8 Å². The molecule has 0 amide bonds. The fourth-order valence-corrected chi connectivity index (χ4v) is 9.74. The maximum absolute atomic E-state index is 12.0. The number of benzene rings is 8. The van der Waals surface area contributed by atoms with Crippen LogP contribution >= 0.6 is 0 Å². The van der Waals surface area contributed by atoms with Crippen LogP contribution in [0.2, 0.25) is 0 Å². The minimum absolute atomic E-state index is 0.0557. The van der Waals surface area contributed by atoms with Gasteiger partial charge >= 0.3 is 21.4 Å². The van der Waals surface area contributed by atoms with Gasteiger partial charge in [0.15, 0.2) is 0 Å². The van der Waals surface area contributed by atoms with Gasteiger partial charge in [-0.15, -0.1) is 0 Å². The van der Waals surface area contributed by atoms with Crippen molar-refractivity contribution >= 4 is 37.7 Å². The van der Waals surface area contributed by atoms with E-state index >= 15 is 0 Å². The first-order chi connectivity index (χ1) is 33.4. The Morgan fingerprint density at radius 2 is 0.429 bits per heavy atom. The average molecular weight is 938 g/mol. The molecule has 8 aromatic rings. The van der Waals surface area contributed by atoms with Gasteiger partial charge in [0.05, 0.1) is 0 Å². The summed E-state index contributed by atoms with van der Waals surface area (Å²) < 4.78 is 0. The molecule has 17 heteroatoms. The fraction of sp³-hybridized carbons (Fsp3) is 0.0943. The Bertz CT molecular complexity index is 3080. The van der Waals surface area contributed by atoms with Crippen molar-refractivity contribution in [3.63, 3.8) is 0 Å². The molecule has 0 heterocycles. The van der Waals surface area contributed by atoms with Crippen molar-refractivity contribution in [1.82, 2.24) is 0 Å². The van der Waals surface area contributed by atoms with E-state index in [4.69, 9.17) is 0 Å². The number of phenolic OH excluding ortho intramolecular Hbond substituents is 8. The molecule has 9 rings (SSSR count). The molecule has 350 valence electrons. The number of aryl methyl sites for hydroxylation is 1. The molecule has 2 atom stereocenters. The Morgan fingerprint density at radius 1 is 0.257 bits per heavy atom. The molecule has 8 bridgehead atoms. The topological polar surface area (TPSA) is 283 Å². The molecule has 14 nitrogen and oxygen atoms in total. The average Bonchev–Trinajstić information content (AvgIpc) is 3.32. The molecule has 0 saturated heterocycles. The van der Waals surface area contributed by atoms with E-state index in [2.05, 4.69) is 0 Å². The summed E-state index contributed by atoms with van der Waals surface area (Å²) in [5, 5.41) is 156. The lowest BCUT2D eigenvalue weighted by molar-refractivity contribution is 0.424. The first-order valence-corrected chi connectivity index (χ1v) is 22.1. The monoisotopic (exact) mass is 938 g/mol. The van der Waals surface area contributed by atoms with E-state index in [0.717, 1.165) is 29.8 Å². The highest BCUT2D eigenvalue weighted by Crippen LogP contribution is 2.53. The lowest BCUT2D eigenvalue weighted by atomic mass is 9.73. The number of phenols is 8. The zero-order valence-electron chi connectivity index (χ0n) is 37.2. The van der Waals surface area contributed by atoms with Crippen molar-refractivity contribution in [3.05, 3.63) is 218 Å². The van der Waals surface area contributed by atoms with Crippen LogP contribution in [-0.2, 0) is 0 Å². The Hall–Kier alpha value is -7.89. The Labute approximate surface area is 401 Å². The number of fused-ring (bicyclic) bond motifs is 8. The van der Waals surface area contributed by atoms with Crippen molar-refractivity contribution in [2.75, 3.05) is 0 Å². The van der Waals surface area contributed by atoms with Crippen molar-refractivity contribution in [1.29, 1.82) is 0 Å². The van der Waals surface area contributed by atoms with Gasteiger partial charge in [-0.3, -0.25) is 0 Å². The smallest absolute Gasteiger partial charge is 0.488 e. The summed E-state index contributed by atoms with van der Waals surface area (Å²) in [6, 6.07) is 35.4. The van der Waals surface area contributed by atoms with E-state index in [9.17, 15) is 71.0 Å². The third kappa shape index (κ3) is 8.62. The second-order valence-electron chi connectivity index (χ2n) is 17.6. The van der Waals surface area contributed by atoms with Crippen molar-refractivity contribution in [2.45, 2.75) is 30.6 Å². The second kappa shape index (κ2) is 18.5. The van der Waals surface area contributed by atoms with Crippen molar-refractivity contribution < 1.29 is 71.0 Å². The summed E-state index contributed by atoms with van der Waals surface area (Å²) >= 11 is 0. The minimum Gasteiger partial charge on any atom is -0.507 e. The highest BCUT2D eigenvalue weighted by Gasteiger charge is 2.35. The molecule has 0 fully saturated rings. The number of hydrogen-bond donors (Lipinski definition) is 14. The Morgan fingerprint density at radius 3 is 0.600 bits per heavy atom. The fourth-order valence-electron chi connectivity index (χ4n) is 9.74. The third-order valence-corrected chi connectivity index (χ3v) is 13.3. The summed E-state index contributed by atoms with van der Waals surface area (Å²) in [6.07, 6.45) is 0. The van der Waals surface area contributed by atoms with Gasteiger partial charge in [0.2, 0.25) is 0 Å². The van der Waals surface area contributed by atoms with Crippen molar-refractivity contribution in [2.24, 2.45) is 0 Å². The van der Waals surface area contributed by atoms with Crippen LogP contribution in [0, 0.1) is 6.92 Å². The molecule has 0 aliphatic heterocycles. The molecule has 1 aliphatic carbocycles. The van der Waals surface area contributed by atoms with E-state index < -0.39 is 91.0 Å². The quantitative estimate of drug-likeness (QED) is 0.102. The van der Waals surface area contributed by atoms with Crippen LogP contribution in [0.4, 0.5) is 0 Å². The maximum Gasteiger partial charge on any atom is 0.488 e. The van der Waals surface area contributed by atoms with Crippen LogP contribution in [-0.4, -0.2) is 92.4 Å². The number of hydrogen-bond acceptors (Lipinski definition) is 14. The van der Waals surface area contributed by atoms with Gasteiger partial charge in [-0.2, -0.15) is 0 Å². The molecule has 2 unspecified atom stereocenters. The van der Waals surface area contributed by atoms with Gasteiger partial charge in [0.1, 0.15) is 46.0 Å². The zero-order chi connectivity index (χ0) is 49.9. The molecule has 14 N–H and O–H groups in total. The van der Waals surface area contributed by atoms with Gasteiger partial charge < -0.3 is 71.0 Å². The summed E-state index contributed by atoms with van der Waals surface area (Å²) in [5.74, 6) is -8.26. The molecule has 0 spiro atoms. The second-order valence-corrected chi connectivity index (χ2v) is 17.6. The third-order valence-electron chi connectivity index (χ3n) is 13.3. The Balaban J connectivity index is 1.46. The van der Waals surface area contributed by atoms with Crippen LogP contribution in [0.5, 0.6) is 46.0 Å². The summed E-state index contributed by atoms with van der Waals surface area (Å²) in [6.45, 7) is 1.88. The molecular weight excluding hydrogens is 893 g/mol. The predicted molar refractivity (Wildman–Crippen MR) is 263 cm³/mol. The molecule has 8 aromatic carbocycles. The van der Waals surface area contributed by atoms with Crippen LogP contribution in [0.3, 0.4) is 0 Å². The van der Waals surface area contributed by atoms with E-state index in [1.165, 1.54) is 72.8 Å². The van der Waals surface area contributed by atoms with E-state index in [0.29, 0.717) is 22.3 Å². The molecular formula is C53H45B3O14. The van der Waals surface area contributed by atoms with Crippen molar-refractivity contribution in [3.8, 4) is 46.0 Å². The molecule has 0 saturated carbocycles. The first-order valence-electron chi connectivity index (χ1n) is 22.1. The molecule has 70 heavy (non-hydrogen) atoms. The largest absolute Gasteiger partial charge is 0.507 e. The number of aromatic hydroxyl groups is 8. The van der Waals surface area contributed by atoms with E-state index in [1.54, 1.807) is 36.4 Å². The SMILES string of the molecule is Cc1ccc(C2c3cc(c(O)cc3O)C(c3ccc(B(O)O)cc3)c3cc(c(O)cc3O)C(c3ccc(B(O)O)cc3)c3cc(c(O)cc3O)C(c3ccc(B(O)O)cc3)c3cc2c(O)cc3O)cc1. The zero-order valence-corrected chi connectivity index (χ0v) is 37.2. The summed E-state index contributed by atoms with van der Waals surface area (Å²) in [4.78, 5) is 0. The highest BCUT2D eigenvalue weighted by molar-refractivity contribution is 6.59. The van der Waals surface area contributed by atoms with Gasteiger partial charge in [0.25, 0.3) is 0 Å².